The normalized spacial score (nSPS) is 19.9. The van der Waals surface area contributed by atoms with Crippen LogP contribution in [0.5, 0.6) is 11.5 Å². The number of methoxy groups -OCH3 is 2. The lowest BCUT2D eigenvalue weighted by Crippen LogP contribution is -2.52. The Morgan fingerprint density at radius 1 is 1.31 bits per heavy atom. The number of ether oxygens (including phenoxy) is 3. The summed E-state index contributed by atoms with van der Waals surface area (Å²) in [6.45, 7) is 3.17. The number of benzene rings is 1. The van der Waals surface area contributed by atoms with Crippen LogP contribution < -0.4 is 9.47 Å². The number of hydrogen-bond donors (Lipinski definition) is 1. The van der Waals surface area contributed by atoms with Crippen molar-refractivity contribution in [2.24, 2.45) is 5.41 Å². The van der Waals surface area contributed by atoms with Crippen molar-refractivity contribution < 1.29 is 28.9 Å². The highest BCUT2D eigenvalue weighted by molar-refractivity contribution is 5.97. The highest BCUT2D eigenvalue weighted by Gasteiger charge is 2.44. The van der Waals surface area contributed by atoms with Gasteiger partial charge in [0.1, 0.15) is 16.9 Å². The van der Waals surface area contributed by atoms with Crippen LogP contribution in [0.3, 0.4) is 0 Å². The molecular formula is C19H27NO6. The number of carboxylic acids is 1. The summed E-state index contributed by atoms with van der Waals surface area (Å²) >= 11 is 0. The Morgan fingerprint density at radius 3 is 2.69 bits per heavy atom. The Labute approximate surface area is 153 Å². The van der Waals surface area contributed by atoms with E-state index in [1.54, 1.807) is 30.2 Å². The van der Waals surface area contributed by atoms with Gasteiger partial charge in [0.2, 0.25) is 0 Å². The fourth-order valence-electron chi connectivity index (χ4n) is 3.24. The summed E-state index contributed by atoms with van der Waals surface area (Å²) in [6.07, 6.45) is 1.91. The first-order chi connectivity index (χ1) is 12.5. The molecule has 7 heteroatoms. The summed E-state index contributed by atoms with van der Waals surface area (Å²) in [7, 11) is 3.03. The van der Waals surface area contributed by atoms with Crippen LogP contribution in [-0.2, 0) is 9.53 Å². The molecule has 144 valence electrons. The van der Waals surface area contributed by atoms with E-state index in [2.05, 4.69) is 0 Å². The first-order valence-electron chi connectivity index (χ1n) is 8.80. The fraction of sp³-hybridized carbons (Fsp3) is 0.579. The van der Waals surface area contributed by atoms with Crippen molar-refractivity contribution in [2.45, 2.75) is 26.2 Å². The number of rotatable bonds is 8. The topological polar surface area (TPSA) is 85.3 Å². The molecule has 0 radical (unpaired) electrons. The summed E-state index contributed by atoms with van der Waals surface area (Å²) in [4.78, 5) is 26.5. The molecule has 1 aliphatic rings. The minimum absolute atomic E-state index is 0.0773. The molecule has 1 heterocycles. The number of aliphatic carboxylic acids is 1. The predicted octanol–water partition coefficient (Wildman–Crippen LogP) is 2.44. The second-order valence-corrected chi connectivity index (χ2v) is 6.56. The van der Waals surface area contributed by atoms with Crippen LogP contribution in [0, 0.1) is 5.41 Å². The van der Waals surface area contributed by atoms with Gasteiger partial charge in [0, 0.05) is 26.3 Å². The Morgan fingerprint density at radius 2 is 2.08 bits per heavy atom. The molecule has 0 aromatic heterocycles. The first-order valence-corrected chi connectivity index (χ1v) is 8.80. The van der Waals surface area contributed by atoms with Crippen molar-refractivity contribution >= 4 is 11.9 Å². The van der Waals surface area contributed by atoms with Crippen LogP contribution in [0.25, 0.3) is 0 Å². The van der Waals surface area contributed by atoms with Gasteiger partial charge in [-0.1, -0.05) is 6.92 Å². The molecule has 0 aliphatic carbocycles. The van der Waals surface area contributed by atoms with E-state index >= 15 is 0 Å². The number of carbonyl (C=O) groups is 2. The van der Waals surface area contributed by atoms with Crippen LogP contribution in [-0.4, -0.2) is 62.4 Å². The quantitative estimate of drug-likeness (QED) is 0.762. The van der Waals surface area contributed by atoms with Gasteiger partial charge in [0.25, 0.3) is 5.91 Å². The van der Waals surface area contributed by atoms with Gasteiger partial charge >= 0.3 is 5.97 Å². The number of likely N-dealkylation sites (tertiary alicyclic amines) is 1. The van der Waals surface area contributed by atoms with Crippen LogP contribution in [0.1, 0.15) is 36.5 Å². The zero-order valence-electron chi connectivity index (χ0n) is 15.6. The van der Waals surface area contributed by atoms with E-state index in [0.717, 1.165) is 6.42 Å². The van der Waals surface area contributed by atoms with Crippen molar-refractivity contribution in [3.63, 3.8) is 0 Å². The van der Waals surface area contributed by atoms with Crippen molar-refractivity contribution in [1.82, 2.24) is 4.90 Å². The molecule has 1 saturated heterocycles. The highest BCUT2D eigenvalue weighted by atomic mass is 16.5. The number of carbonyl (C=O) groups excluding carboxylic acids is 1. The van der Waals surface area contributed by atoms with Crippen LogP contribution in [0.4, 0.5) is 0 Å². The Bertz CT molecular complexity index is 643. The maximum atomic E-state index is 13.1. The summed E-state index contributed by atoms with van der Waals surface area (Å²) in [5, 5.41) is 9.67. The monoisotopic (exact) mass is 365 g/mol. The van der Waals surface area contributed by atoms with E-state index in [4.69, 9.17) is 14.2 Å². The molecule has 1 unspecified atom stereocenters. The van der Waals surface area contributed by atoms with E-state index in [0.29, 0.717) is 43.1 Å². The molecule has 1 aliphatic heterocycles. The highest BCUT2D eigenvalue weighted by Crippen LogP contribution is 2.33. The number of nitrogens with zero attached hydrogens (tertiary/aromatic N) is 1. The van der Waals surface area contributed by atoms with Crippen molar-refractivity contribution in [3.8, 4) is 11.5 Å². The minimum Gasteiger partial charge on any atom is -0.497 e. The SMILES string of the molecule is CCCOc1cc(OC)ccc1C(=O)N1CCCC(COC)(C(=O)O)C1. The van der Waals surface area contributed by atoms with E-state index in [1.807, 2.05) is 6.92 Å². The molecule has 0 spiro atoms. The van der Waals surface area contributed by atoms with E-state index in [-0.39, 0.29) is 19.1 Å². The van der Waals surface area contributed by atoms with Crippen molar-refractivity contribution in [1.29, 1.82) is 0 Å². The van der Waals surface area contributed by atoms with Gasteiger partial charge in [0.05, 0.1) is 25.9 Å². The van der Waals surface area contributed by atoms with Crippen LogP contribution >= 0.6 is 0 Å². The molecule has 1 amide bonds. The molecule has 1 atom stereocenters. The molecular weight excluding hydrogens is 338 g/mol. The molecule has 2 rings (SSSR count). The number of carboxylic acid groups (broad SMARTS) is 1. The molecule has 1 N–H and O–H groups in total. The summed E-state index contributed by atoms with van der Waals surface area (Å²) in [5.74, 6) is -0.116. The van der Waals surface area contributed by atoms with Gasteiger partial charge < -0.3 is 24.2 Å². The van der Waals surface area contributed by atoms with Gasteiger partial charge in [-0.25, -0.2) is 0 Å². The largest absolute Gasteiger partial charge is 0.497 e. The third-order valence-corrected chi connectivity index (χ3v) is 4.62. The van der Waals surface area contributed by atoms with E-state index in [1.165, 1.54) is 7.11 Å². The molecule has 1 fully saturated rings. The van der Waals surface area contributed by atoms with Gasteiger partial charge in [0.15, 0.2) is 0 Å². The van der Waals surface area contributed by atoms with E-state index < -0.39 is 11.4 Å². The summed E-state index contributed by atoms with van der Waals surface area (Å²) in [6, 6.07) is 5.06. The molecule has 0 bridgehead atoms. The standard InChI is InChI=1S/C19H27NO6/c1-4-10-26-16-11-14(25-3)6-7-15(16)17(21)20-9-5-8-19(12-20,13-24-2)18(22)23/h6-7,11H,4-5,8-10,12-13H2,1-3H3,(H,22,23). The average molecular weight is 365 g/mol. The Kier molecular flexibility index (Phi) is 6.85. The molecule has 7 nitrogen and oxygen atoms in total. The predicted molar refractivity (Wildman–Crippen MR) is 95.9 cm³/mol. The second-order valence-electron chi connectivity index (χ2n) is 6.56. The smallest absolute Gasteiger partial charge is 0.313 e. The number of hydrogen-bond acceptors (Lipinski definition) is 5. The average Bonchev–Trinajstić information content (AvgIpc) is 2.65. The zero-order chi connectivity index (χ0) is 19.2. The van der Waals surface area contributed by atoms with Crippen LogP contribution in [0.2, 0.25) is 0 Å². The van der Waals surface area contributed by atoms with Gasteiger partial charge in [-0.2, -0.15) is 0 Å². The van der Waals surface area contributed by atoms with Crippen molar-refractivity contribution in [3.05, 3.63) is 23.8 Å². The molecule has 0 saturated carbocycles. The van der Waals surface area contributed by atoms with Crippen LogP contribution in [0.15, 0.2) is 18.2 Å². The van der Waals surface area contributed by atoms with Gasteiger partial charge in [-0.05, 0) is 31.4 Å². The fourth-order valence-corrected chi connectivity index (χ4v) is 3.24. The third-order valence-electron chi connectivity index (χ3n) is 4.62. The lowest BCUT2D eigenvalue weighted by molar-refractivity contribution is -0.155. The Balaban J connectivity index is 2.28. The summed E-state index contributed by atoms with van der Waals surface area (Å²) in [5.41, 5.74) is -0.655. The second kappa shape index (κ2) is 8.89. The lowest BCUT2D eigenvalue weighted by atomic mass is 9.80. The van der Waals surface area contributed by atoms with E-state index in [9.17, 15) is 14.7 Å². The third kappa shape index (κ3) is 4.27. The summed E-state index contributed by atoms with van der Waals surface area (Å²) < 4.78 is 16.1. The van der Waals surface area contributed by atoms with Gasteiger partial charge in [-0.15, -0.1) is 0 Å². The van der Waals surface area contributed by atoms with Crippen molar-refractivity contribution in [2.75, 3.05) is 40.5 Å². The molecule has 26 heavy (non-hydrogen) atoms. The number of amides is 1. The number of piperidine rings is 1. The first kappa shape index (κ1) is 20.0. The molecule has 1 aromatic rings. The maximum absolute atomic E-state index is 13.1. The molecule has 1 aromatic carbocycles. The van der Waals surface area contributed by atoms with Gasteiger partial charge in [-0.3, -0.25) is 9.59 Å². The Hall–Kier alpha value is -2.28. The maximum Gasteiger partial charge on any atom is 0.313 e. The lowest BCUT2D eigenvalue weighted by Gasteiger charge is -2.39. The zero-order valence-corrected chi connectivity index (χ0v) is 15.6. The minimum atomic E-state index is -1.07.